The van der Waals surface area contributed by atoms with E-state index in [4.69, 9.17) is 16.3 Å². The molecule has 23 heavy (non-hydrogen) atoms. The molecule has 1 aliphatic heterocycles. The summed E-state index contributed by atoms with van der Waals surface area (Å²) < 4.78 is 20.1. The molecule has 0 fully saturated rings. The number of halogens is 2. The lowest BCUT2D eigenvalue weighted by molar-refractivity contribution is 0.273. The lowest BCUT2D eigenvalue weighted by Gasteiger charge is -2.14. The highest BCUT2D eigenvalue weighted by atomic mass is 35.5. The molecule has 0 radical (unpaired) electrons. The Bertz CT molecular complexity index is 853. The molecule has 1 aliphatic rings. The van der Waals surface area contributed by atoms with Crippen molar-refractivity contribution in [2.45, 2.75) is 6.10 Å². The largest absolute Gasteiger partial charge is 0.416 e. The topological polar surface area (TPSA) is 9.23 Å². The Hall–Kier alpha value is -2.10. The van der Waals surface area contributed by atoms with Gasteiger partial charge in [-0.1, -0.05) is 60.1 Å². The number of rotatable bonds is 2. The molecule has 0 saturated carbocycles. The molecule has 4 rings (SSSR count). The maximum atomic E-state index is 13.8. The Kier molecular flexibility index (Phi) is 3.68. The van der Waals surface area contributed by atoms with Crippen LogP contribution in [0.25, 0.3) is 0 Å². The van der Waals surface area contributed by atoms with Gasteiger partial charge in [0.25, 0.3) is 0 Å². The third-order valence-electron chi connectivity index (χ3n) is 4.14. The van der Waals surface area contributed by atoms with Gasteiger partial charge in [0.05, 0.1) is 6.10 Å². The van der Waals surface area contributed by atoms with Crippen molar-refractivity contribution in [3.63, 3.8) is 0 Å². The maximum Gasteiger partial charge on any atom is 0.362 e. The SMILES string of the molecule is Fc1ccc2c(c1)C(c1ccccc1)OB2c1cccc(Cl)c1. The van der Waals surface area contributed by atoms with Gasteiger partial charge in [-0.25, -0.2) is 4.39 Å². The standard InChI is InChI=1S/C19H13BClFO/c21-15-8-4-7-14(11-15)20-18-10-9-16(22)12-17(18)19(23-20)13-5-2-1-3-6-13/h1-12,19H. The Balaban J connectivity index is 1.83. The molecule has 3 aromatic carbocycles. The van der Waals surface area contributed by atoms with Crippen LogP contribution in [0, 0.1) is 5.82 Å². The van der Waals surface area contributed by atoms with Crippen LogP contribution in [0.1, 0.15) is 17.2 Å². The van der Waals surface area contributed by atoms with Crippen LogP contribution in [0.4, 0.5) is 4.39 Å². The predicted molar refractivity (Wildman–Crippen MR) is 92.2 cm³/mol. The quantitative estimate of drug-likeness (QED) is 0.654. The Morgan fingerprint density at radius 1 is 0.913 bits per heavy atom. The first-order valence-corrected chi connectivity index (χ1v) is 7.85. The van der Waals surface area contributed by atoms with Crippen molar-refractivity contribution < 1.29 is 9.04 Å². The third kappa shape index (κ3) is 2.67. The summed E-state index contributed by atoms with van der Waals surface area (Å²) in [6.07, 6.45) is -0.272. The third-order valence-corrected chi connectivity index (χ3v) is 4.37. The average Bonchev–Trinajstić information content (AvgIpc) is 2.94. The summed E-state index contributed by atoms with van der Waals surface area (Å²) in [6.45, 7) is -0.241. The van der Waals surface area contributed by atoms with Gasteiger partial charge in [-0.2, -0.15) is 0 Å². The van der Waals surface area contributed by atoms with Crippen molar-refractivity contribution in [2.75, 3.05) is 0 Å². The highest BCUT2D eigenvalue weighted by Crippen LogP contribution is 2.31. The van der Waals surface area contributed by atoms with Gasteiger partial charge in [-0.3, -0.25) is 0 Å². The molecule has 112 valence electrons. The van der Waals surface area contributed by atoms with E-state index < -0.39 is 0 Å². The van der Waals surface area contributed by atoms with Gasteiger partial charge >= 0.3 is 6.92 Å². The Morgan fingerprint density at radius 2 is 1.74 bits per heavy atom. The van der Waals surface area contributed by atoms with Gasteiger partial charge in [0.2, 0.25) is 0 Å². The van der Waals surface area contributed by atoms with Crippen molar-refractivity contribution in [3.8, 4) is 0 Å². The van der Waals surface area contributed by atoms with E-state index in [0.717, 1.165) is 22.1 Å². The average molecular weight is 323 g/mol. The van der Waals surface area contributed by atoms with Gasteiger partial charge < -0.3 is 4.65 Å². The highest BCUT2D eigenvalue weighted by Gasteiger charge is 2.37. The van der Waals surface area contributed by atoms with Gasteiger partial charge in [-0.05, 0) is 46.3 Å². The fourth-order valence-electron chi connectivity index (χ4n) is 3.11. The minimum absolute atomic E-state index is 0.241. The van der Waals surface area contributed by atoms with Gasteiger partial charge in [0.1, 0.15) is 5.82 Å². The lowest BCUT2D eigenvalue weighted by atomic mass is 9.56. The normalized spacial score (nSPS) is 16.4. The van der Waals surface area contributed by atoms with Crippen molar-refractivity contribution >= 4 is 29.4 Å². The highest BCUT2D eigenvalue weighted by molar-refractivity contribution is 6.81. The van der Waals surface area contributed by atoms with Crippen molar-refractivity contribution in [2.24, 2.45) is 0 Å². The van der Waals surface area contributed by atoms with E-state index in [2.05, 4.69) is 0 Å². The molecular weight excluding hydrogens is 309 g/mol. The first-order valence-electron chi connectivity index (χ1n) is 7.47. The number of fused-ring (bicyclic) bond motifs is 1. The van der Waals surface area contributed by atoms with Crippen LogP contribution in [-0.4, -0.2) is 6.92 Å². The van der Waals surface area contributed by atoms with Crippen LogP contribution in [0.2, 0.25) is 5.02 Å². The molecule has 0 amide bonds. The smallest absolute Gasteiger partial charge is 0.362 e. The number of hydrogen-bond donors (Lipinski definition) is 0. The van der Waals surface area contributed by atoms with Crippen molar-refractivity contribution in [3.05, 3.63) is 94.8 Å². The summed E-state index contributed by atoms with van der Waals surface area (Å²) in [5, 5.41) is 0.665. The molecule has 4 heteroatoms. The van der Waals surface area contributed by atoms with E-state index >= 15 is 0 Å². The van der Waals surface area contributed by atoms with Gasteiger partial charge in [0, 0.05) is 5.02 Å². The first-order chi connectivity index (χ1) is 11.2. The molecular formula is C19H13BClFO. The monoisotopic (exact) mass is 322 g/mol. The molecule has 0 aromatic heterocycles. The van der Waals surface area contributed by atoms with Crippen LogP contribution < -0.4 is 10.9 Å². The van der Waals surface area contributed by atoms with E-state index in [1.807, 2.05) is 54.6 Å². The summed E-state index contributed by atoms with van der Waals surface area (Å²) >= 11 is 6.11. The zero-order valence-electron chi connectivity index (χ0n) is 12.2. The van der Waals surface area contributed by atoms with Gasteiger partial charge in [0.15, 0.2) is 0 Å². The lowest BCUT2D eigenvalue weighted by Crippen LogP contribution is -2.41. The second kappa shape index (κ2) is 5.84. The van der Waals surface area contributed by atoms with E-state index in [0.29, 0.717) is 5.02 Å². The minimum atomic E-state index is -0.272. The first kappa shape index (κ1) is 14.5. The molecule has 0 aliphatic carbocycles. The molecule has 0 saturated heterocycles. The minimum Gasteiger partial charge on any atom is -0.416 e. The van der Waals surface area contributed by atoms with E-state index in [1.54, 1.807) is 12.1 Å². The van der Waals surface area contributed by atoms with Crippen LogP contribution in [-0.2, 0) is 4.65 Å². The Labute approximate surface area is 139 Å². The van der Waals surface area contributed by atoms with E-state index in [-0.39, 0.29) is 18.8 Å². The van der Waals surface area contributed by atoms with Crippen LogP contribution >= 0.6 is 11.6 Å². The summed E-state index contributed by atoms with van der Waals surface area (Å²) in [5.74, 6) is -0.250. The number of hydrogen-bond acceptors (Lipinski definition) is 1. The molecule has 0 bridgehead atoms. The van der Waals surface area contributed by atoms with Crippen LogP contribution in [0.3, 0.4) is 0 Å². The zero-order valence-corrected chi connectivity index (χ0v) is 13.0. The maximum absolute atomic E-state index is 13.8. The van der Waals surface area contributed by atoms with Crippen LogP contribution in [0.15, 0.2) is 72.8 Å². The van der Waals surface area contributed by atoms with Crippen molar-refractivity contribution in [1.29, 1.82) is 0 Å². The summed E-state index contributed by atoms with van der Waals surface area (Å²) in [7, 11) is 0. The molecule has 0 spiro atoms. The van der Waals surface area contributed by atoms with E-state index in [9.17, 15) is 4.39 Å². The van der Waals surface area contributed by atoms with Gasteiger partial charge in [-0.15, -0.1) is 0 Å². The molecule has 1 heterocycles. The molecule has 0 N–H and O–H groups in total. The summed E-state index contributed by atoms with van der Waals surface area (Å²) in [5.41, 5.74) is 3.86. The molecule has 1 atom stereocenters. The second-order valence-electron chi connectivity index (χ2n) is 5.64. The van der Waals surface area contributed by atoms with Crippen LogP contribution in [0.5, 0.6) is 0 Å². The van der Waals surface area contributed by atoms with E-state index in [1.165, 1.54) is 6.07 Å². The zero-order chi connectivity index (χ0) is 15.8. The molecule has 1 nitrogen and oxygen atoms in total. The number of benzene rings is 3. The Morgan fingerprint density at radius 3 is 2.52 bits per heavy atom. The predicted octanol–water partition coefficient (Wildman–Crippen LogP) is 3.70. The molecule has 3 aromatic rings. The fraction of sp³-hybridized carbons (Fsp3) is 0.0526. The molecule has 1 unspecified atom stereocenters. The second-order valence-corrected chi connectivity index (χ2v) is 6.07. The summed E-state index contributed by atoms with van der Waals surface area (Å²) in [6, 6.07) is 22.3. The fourth-order valence-corrected chi connectivity index (χ4v) is 3.31. The van der Waals surface area contributed by atoms with Crippen molar-refractivity contribution in [1.82, 2.24) is 0 Å². The summed E-state index contributed by atoms with van der Waals surface area (Å²) in [4.78, 5) is 0.